The van der Waals surface area contributed by atoms with Gasteiger partial charge in [0, 0.05) is 11.1 Å². The van der Waals surface area contributed by atoms with E-state index in [4.69, 9.17) is 5.11 Å². The fourth-order valence-corrected chi connectivity index (χ4v) is 2.22. The summed E-state index contributed by atoms with van der Waals surface area (Å²) in [4.78, 5) is 15.7. The minimum Gasteiger partial charge on any atom is -0.478 e. The molecule has 5 heteroatoms. The Kier molecular flexibility index (Phi) is 3.62. The first-order valence-corrected chi connectivity index (χ1v) is 6.01. The molecule has 0 aliphatic rings. The molecular formula is C13H10FNO2S. The number of carbonyl (C=O) groups is 1. The fourth-order valence-electron chi connectivity index (χ4n) is 1.40. The molecule has 2 rings (SSSR count). The van der Waals surface area contributed by atoms with Crippen molar-refractivity contribution in [2.75, 3.05) is 0 Å². The minimum atomic E-state index is -0.996. The lowest BCUT2D eigenvalue weighted by molar-refractivity contribution is 0.0696. The smallest absolute Gasteiger partial charge is 0.337 e. The Hall–Kier alpha value is -1.88. The zero-order valence-corrected chi connectivity index (χ0v) is 10.4. The lowest BCUT2D eigenvalue weighted by atomic mass is 10.2. The molecule has 0 saturated carbocycles. The molecule has 0 spiro atoms. The molecule has 1 aromatic carbocycles. The first-order chi connectivity index (χ1) is 8.56. The summed E-state index contributed by atoms with van der Waals surface area (Å²) < 4.78 is 12.8. The lowest BCUT2D eigenvalue weighted by Crippen LogP contribution is -1.98. The number of rotatable bonds is 3. The first-order valence-electron chi connectivity index (χ1n) is 5.19. The van der Waals surface area contributed by atoms with E-state index in [1.54, 1.807) is 25.1 Å². The number of benzene rings is 1. The van der Waals surface area contributed by atoms with Crippen molar-refractivity contribution in [3.63, 3.8) is 0 Å². The second kappa shape index (κ2) is 5.18. The van der Waals surface area contributed by atoms with E-state index in [0.29, 0.717) is 5.03 Å². The molecule has 0 unspecified atom stereocenters. The Balaban J connectivity index is 2.24. The van der Waals surface area contributed by atoms with Gasteiger partial charge in [-0.15, -0.1) is 0 Å². The molecular weight excluding hydrogens is 253 g/mol. The van der Waals surface area contributed by atoms with E-state index in [-0.39, 0.29) is 11.4 Å². The summed E-state index contributed by atoms with van der Waals surface area (Å²) >= 11 is 1.37. The zero-order chi connectivity index (χ0) is 13.1. The summed E-state index contributed by atoms with van der Waals surface area (Å²) in [6, 6.07) is 7.65. The van der Waals surface area contributed by atoms with Crippen LogP contribution in [0.1, 0.15) is 15.9 Å². The van der Waals surface area contributed by atoms with Crippen LogP contribution in [0, 0.1) is 12.7 Å². The van der Waals surface area contributed by atoms with Gasteiger partial charge in [0.1, 0.15) is 10.8 Å². The van der Waals surface area contributed by atoms with E-state index in [0.717, 1.165) is 10.5 Å². The Morgan fingerprint density at radius 1 is 1.33 bits per heavy atom. The number of carboxylic acids is 1. The van der Waals surface area contributed by atoms with Crippen molar-refractivity contribution in [1.82, 2.24) is 4.98 Å². The molecule has 0 fully saturated rings. The van der Waals surface area contributed by atoms with Gasteiger partial charge < -0.3 is 5.11 Å². The molecule has 0 amide bonds. The average Bonchev–Trinajstić information content (AvgIpc) is 2.34. The quantitative estimate of drug-likeness (QED) is 0.922. The van der Waals surface area contributed by atoms with E-state index < -0.39 is 5.97 Å². The highest BCUT2D eigenvalue weighted by atomic mass is 32.2. The van der Waals surface area contributed by atoms with Gasteiger partial charge >= 0.3 is 5.97 Å². The largest absolute Gasteiger partial charge is 0.478 e. The van der Waals surface area contributed by atoms with Crippen molar-refractivity contribution < 1.29 is 14.3 Å². The highest BCUT2D eigenvalue weighted by molar-refractivity contribution is 7.99. The number of hydrogen-bond donors (Lipinski definition) is 1. The number of nitrogens with zero attached hydrogens (tertiary/aromatic N) is 1. The van der Waals surface area contributed by atoms with Gasteiger partial charge in [0.2, 0.25) is 0 Å². The van der Waals surface area contributed by atoms with E-state index in [1.807, 2.05) is 0 Å². The maximum Gasteiger partial charge on any atom is 0.337 e. The Morgan fingerprint density at radius 3 is 2.56 bits per heavy atom. The molecule has 0 bridgehead atoms. The first kappa shape index (κ1) is 12.6. The van der Waals surface area contributed by atoms with Gasteiger partial charge in [-0.2, -0.15) is 0 Å². The van der Waals surface area contributed by atoms with Crippen molar-refractivity contribution in [2.45, 2.75) is 16.8 Å². The second-order valence-electron chi connectivity index (χ2n) is 3.71. The predicted octanol–water partition coefficient (Wildman–Crippen LogP) is 3.38. The zero-order valence-electron chi connectivity index (χ0n) is 9.55. The van der Waals surface area contributed by atoms with E-state index in [9.17, 15) is 9.18 Å². The summed E-state index contributed by atoms with van der Waals surface area (Å²) in [7, 11) is 0. The van der Waals surface area contributed by atoms with Crippen LogP contribution in [-0.2, 0) is 0 Å². The van der Waals surface area contributed by atoms with Crippen LogP contribution in [0.3, 0.4) is 0 Å². The van der Waals surface area contributed by atoms with Crippen LogP contribution in [0.15, 0.2) is 46.5 Å². The van der Waals surface area contributed by atoms with Crippen LogP contribution >= 0.6 is 11.8 Å². The number of pyridine rings is 1. The number of hydrogen-bond acceptors (Lipinski definition) is 3. The van der Waals surface area contributed by atoms with Crippen molar-refractivity contribution in [3.05, 3.63) is 53.5 Å². The van der Waals surface area contributed by atoms with Gasteiger partial charge in [0.15, 0.2) is 0 Å². The highest BCUT2D eigenvalue weighted by Gasteiger charge is 2.08. The SMILES string of the molecule is Cc1cc(C(=O)O)cnc1Sc1ccc(F)cc1. The normalized spacial score (nSPS) is 10.3. The van der Waals surface area contributed by atoms with Crippen LogP contribution in [0.2, 0.25) is 0 Å². The van der Waals surface area contributed by atoms with Crippen molar-refractivity contribution in [1.29, 1.82) is 0 Å². The van der Waals surface area contributed by atoms with E-state index >= 15 is 0 Å². The van der Waals surface area contributed by atoms with Gasteiger partial charge in [-0.05, 0) is 42.8 Å². The fraction of sp³-hybridized carbons (Fsp3) is 0.0769. The highest BCUT2D eigenvalue weighted by Crippen LogP contribution is 2.28. The molecule has 1 aromatic heterocycles. The maximum absolute atomic E-state index is 12.8. The summed E-state index contributed by atoms with van der Waals surface area (Å²) in [5.41, 5.74) is 0.945. The van der Waals surface area contributed by atoms with Crippen molar-refractivity contribution >= 4 is 17.7 Å². The molecule has 0 aliphatic carbocycles. The third-order valence-corrected chi connectivity index (χ3v) is 3.43. The molecule has 0 atom stereocenters. The predicted molar refractivity (Wildman–Crippen MR) is 66.5 cm³/mol. The van der Waals surface area contributed by atoms with E-state index in [1.165, 1.54) is 30.1 Å². The molecule has 92 valence electrons. The summed E-state index contributed by atoms with van der Waals surface area (Å²) in [6.07, 6.45) is 1.32. The number of halogens is 1. The van der Waals surface area contributed by atoms with Crippen LogP contribution in [0.25, 0.3) is 0 Å². The van der Waals surface area contributed by atoms with Gasteiger partial charge in [-0.3, -0.25) is 0 Å². The molecule has 3 nitrogen and oxygen atoms in total. The van der Waals surface area contributed by atoms with Crippen LogP contribution in [-0.4, -0.2) is 16.1 Å². The number of aryl methyl sites for hydroxylation is 1. The lowest BCUT2D eigenvalue weighted by Gasteiger charge is -2.05. The van der Waals surface area contributed by atoms with Crippen LogP contribution in [0.5, 0.6) is 0 Å². The third-order valence-electron chi connectivity index (χ3n) is 2.31. The summed E-state index contributed by atoms with van der Waals surface area (Å²) in [5.74, 6) is -1.28. The monoisotopic (exact) mass is 263 g/mol. The van der Waals surface area contributed by atoms with Gasteiger partial charge in [-0.1, -0.05) is 11.8 Å². The molecule has 0 radical (unpaired) electrons. The van der Waals surface area contributed by atoms with Crippen LogP contribution < -0.4 is 0 Å². The molecule has 0 saturated heterocycles. The number of aromatic carboxylic acids is 1. The Bertz CT molecular complexity index is 584. The van der Waals surface area contributed by atoms with Gasteiger partial charge in [0.25, 0.3) is 0 Å². The van der Waals surface area contributed by atoms with Gasteiger partial charge in [0.05, 0.1) is 5.56 Å². The Labute approximate surface area is 108 Å². The van der Waals surface area contributed by atoms with Gasteiger partial charge in [-0.25, -0.2) is 14.2 Å². The summed E-state index contributed by atoms with van der Waals surface area (Å²) in [6.45, 7) is 1.80. The van der Waals surface area contributed by atoms with Crippen molar-refractivity contribution in [3.8, 4) is 0 Å². The molecule has 0 aliphatic heterocycles. The minimum absolute atomic E-state index is 0.163. The molecule has 18 heavy (non-hydrogen) atoms. The molecule has 1 N–H and O–H groups in total. The van der Waals surface area contributed by atoms with Crippen molar-refractivity contribution in [2.24, 2.45) is 0 Å². The Morgan fingerprint density at radius 2 is 2.00 bits per heavy atom. The number of carboxylic acid groups (broad SMARTS) is 1. The number of aromatic nitrogens is 1. The summed E-state index contributed by atoms with van der Waals surface area (Å²) in [5, 5.41) is 9.55. The molecule has 2 aromatic rings. The maximum atomic E-state index is 12.8. The third kappa shape index (κ3) is 2.87. The van der Waals surface area contributed by atoms with Crippen LogP contribution in [0.4, 0.5) is 4.39 Å². The standard InChI is InChI=1S/C13H10FNO2S/c1-8-6-9(13(16)17)7-15-12(8)18-11-4-2-10(14)3-5-11/h2-7H,1H3,(H,16,17). The topological polar surface area (TPSA) is 50.2 Å². The van der Waals surface area contributed by atoms with E-state index in [2.05, 4.69) is 4.98 Å². The molecule has 1 heterocycles. The second-order valence-corrected chi connectivity index (χ2v) is 4.77. The average molecular weight is 263 g/mol.